The minimum atomic E-state index is -1.16. The fraction of sp³-hybridized carbons (Fsp3) is 0.120. The van der Waals surface area contributed by atoms with E-state index in [0.717, 1.165) is 28.7 Å². The average Bonchev–Trinajstić information content (AvgIpc) is 3.05. The zero-order valence-corrected chi connectivity index (χ0v) is 19.2. The Labute approximate surface area is 197 Å². The van der Waals surface area contributed by atoms with E-state index < -0.39 is 40.8 Å². The highest BCUT2D eigenvalue weighted by Crippen LogP contribution is 2.43. The third-order valence-electron chi connectivity index (χ3n) is 5.40. The summed E-state index contributed by atoms with van der Waals surface area (Å²) in [4.78, 5) is 27.1. The summed E-state index contributed by atoms with van der Waals surface area (Å²) in [5.41, 5.74) is 0.917. The number of hydrogen-bond donors (Lipinski definition) is 1. The Morgan fingerprint density at radius 2 is 1.82 bits per heavy atom. The first kappa shape index (κ1) is 22.7. The summed E-state index contributed by atoms with van der Waals surface area (Å²) in [5.74, 6) is -3.65. The standard InChI is InChI=1S/C25H18BrF2NO4/c1-13-4-3-5-14(10-13)22-21(23(30)15-6-9-20(33-2)17(26)11-15)24(31)25(32)29(22)19-12-16(27)7-8-18(19)28/h3-12,22,30H,1-2H3/b23-21+. The van der Waals surface area contributed by atoms with Gasteiger partial charge in [-0.2, -0.15) is 0 Å². The fourth-order valence-corrected chi connectivity index (χ4v) is 4.42. The molecular weight excluding hydrogens is 496 g/mol. The van der Waals surface area contributed by atoms with Gasteiger partial charge in [0, 0.05) is 11.6 Å². The lowest BCUT2D eigenvalue weighted by Gasteiger charge is -2.26. The van der Waals surface area contributed by atoms with E-state index >= 15 is 0 Å². The molecule has 3 aromatic carbocycles. The number of hydrogen-bond acceptors (Lipinski definition) is 4. The topological polar surface area (TPSA) is 66.8 Å². The fourth-order valence-electron chi connectivity index (χ4n) is 3.88. The maximum absolute atomic E-state index is 14.7. The normalized spacial score (nSPS) is 17.5. The molecule has 0 aliphatic carbocycles. The summed E-state index contributed by atoms with van der Waals surface area (Å²) >= 11 is 3.33. The zero-order valence-electron chi connectivity index (χ0n) is 17.6. The molecule has 0 bridgehead atoms. The van der Waals surface area contributed by atoms with E-state index in [-0.39, 0.29) is 11.1 Å². The van der Waals surface area contributed by atoms with E-state index in [4.69, 9.17) is 4.74 Å². The van der Waals surface area contributed by atoms with Crippen molar-refractivity contribution in [3.63, 3.8) is 0 Å². The molecule has 0 saturated carbocycles. The van der Waals surface area contributed by atoms with Gasteiger partial charge in [-0.15, -0.1) is 0 Å². The molecule has 1 heterocycles. The number of anilines is 1. The Kier molecular flexibility index (Phi) is 6.03. The lowest BCUT2D eigenvalue weighted by molar-refractivity contribution is -0.132. The Morgan fingerprint density at radius 1 is 1.06 bits per heavy atom. The average molecular weight is 514 g/mol. The second-order valence-corrected chi connectivity index (χ2v) is 8.38. The van der Waals surface area contributed by atoms with Crippen molar-refractivity contribution in [3.05, 3.63) is 99.0 Å². The monoisotopic (exact) mass is 513 g/mol. The number of benzene rings is 3. The van der Waals surface area contributed by atoms with Crippen molar-refractivity contribution < 1.29 is 28.2 Å². The molecule has 1 atom stereocenters. The van der Waals surface area contributed by atoms with E-state index in [2.05, 4.69) is 15.9 Å². The summed E-state index contributed by atoms with van der Waals surface area (Å²) in [7, 11) is 1.48. The van der Waals surface area contributed by atoms with Crippen LogP contribution in [0.5, 0.6) is 5.75 Å². The molecule has 1 fully saturated rings. The highest BCUT2D eigenvalue weighted by atomic mass is 79.9. The molecule has 8 heteroatoms. The number of nitrogens with zero attached hydrogens (tertiary/aromatic N) is 1. The van der Waals surface area contributed by atoms with Crippen LogP contribution in [-0.2, 0) is 9.59 Å². The summed E-state index contributed by atoms with van der Waals surface area (Å²) in [5, 5.41) is 11.1. The predicted molar refractivity (Wildman–Crippen MR) is 123 cm³/mol. The number of aliphatic hydroxyl groups excluding tert-OH is 1. The summed E-state index contributed by atoms with van der Waals surface area (Å²) < 4.78 is 34.4. The number of amides is 1. The van der Waals surface area contributed by atoms with Gasteiger partial charge in [-0.3, -0.25) is 14.5 Å². The van der Waals surface area contributed by atoms with Gasteiger partial charge in [0.05, 0.1) is 28.9 Å². The van der Waals surface area contributed by atoms with E-state index in [9.17, 15) is 23.5 Å². The number of methoxy groups -OCH3 is 1. The van der Waals surface area contributed by atoms with Crippen LogP contribution in [0.2, 0.25) is 0 Å². The van der Waals surface area contributed by atoms with Crippen LogP contribution in [0.15, 0.2) is 70.7 Å². The number of rotatable bonds is 4. The van der Waals surface area contributed by atoms with Gasteiger partial charge in [0.1, 0.15) is 23.1 Å². The maximum Gasteiger partial charge on any atom is 0.300 e. The van der Waals surface area contributed by atoms with Crippen LogP contribution in [0.1, 0.15) is 22.7 Å². The van der Waals surface area contributed by atoms with Crippen molar-refractivity contribution in [2.45, 2.75) is 13.0 Å². The van der Waals surface area contributed by atoms with Crippen molar-refractivity contribution in [3.8, 4) is 5.75 Å². The van der Waals surface area contributed by atoms with Crippen LogP contribution < -0.4 is 9.64 Å². The summed E-state index contributed by atoms with van der Waals surface area (Å²) in [6, 6.07) is 13.1. The first-order valence-corrected chi connectivity index (χ1v) is 10.7. The molecule has 1 amide bonds. The second kappa shape index (κ2) is 8.78. The number of aryl methyl sites for hydroxylation is 1. The number of ketones is 1. The predicted octanol–water partition coefficient (Wildman–Crippen LogP) is 5.67. The first-order valence-electron chi connectivity index (χ1n) is 9.89. The summed E-state index contributed by atoms with van der Waals surface area (Å²) in [6.07, 6.45) is 0. The first-order chi connectivity index (χ1) is 15.7. The van der Waals surface area contributed by atoms with Crippen LogP contribution in [0.3, 0.4) is 0 Å². The molecule has 5 nitrogen and oxygen atoms in total. The smallest absolute Gasteiger partial charge is 0.300 e. The molecule has 1 saturated heterocycles. The maximum atomic E-state index is 14.7. The molecule has 0 spiro atoms. The third kappa shape index (κ3) is 4.02. The number of ether oxygens (including phenoxy) is 1. The molecular formula is C25H18BrF2NO4. The van der Waals surface area contributed by atoms with Crippen molar-refractivity contribution >= 4 is 39.1 Å². The number of carbonyl (C=O) groups is 2. The lowest BCUT2D eigenvalue weighted by atomic mass is 9.94. The molecule has 1 N–H and O–H groups in total. The minimum absolute atomic E-state index is 0.230. The number of aliphatic hydroxyl groups is 1. The Morgan fingerprint density at radius 3 is 2.48 bits per heavy atom. The molecule has 0 aromatic heterocycles. The molecule has 168 valence electrons. The van der Waals surface area contributed by atoms with Gasteiger partial charge in [-0.1, -0.05) is 29.8 Å². The Hall–Kier alpha value is -3.52. The second-order valence-electron chi connectivity index (χ2n) is 7.53. The highest BCUT2D eigenvalue weighted by molar-refractivity contribution is 9.10. The lowest BCUT2D eigenvalue weighted by Crippen LogP contribution is -2.30. The molecule has 4 rings (SSSR count). The van der Waals surface area contributed by atoms with E-state index in [1.165, 1.54) is 19.2 Å². The van der Waals surface area contributed by atoms with Crippen molar-refractivity contribution in [1.82, 2.24) is 0 Å². The largest absolute Gasteiger partial charge is 0.507 e. The van der Waals surface area contributed by atoms with Crippen LogP contribution in [-0.4, -0.2) is 23.9 Å². The van der Waals surface area contributed by atoms with E-state index in [1.807, 2.05) is 13.0 Å². The van der Waals surface area contributed by atoms with Gasteiger partial charge < -0.3 is 9.84 Å². The van der Waals surface area contributed by atoms with Crippen LogP contribution in [0.4, 0.5) is 14.5 Å². The molecule has 33 heavy (non-hydrogen) atoms. The quantitative estimate of drug-likeness (QED) is 0.277. The van der Waals surface area contributed by atoms with Gasteiger partial charge in [0.2, 0.25) is 0 Å². The number of halogens is 3. The van der Waals surface area contributed by atoms with Gasteiger partial charge in [0.25, 0.3) is 11.7 Å². The van der Waals surface area contributed by atoms with Crippen molar-refractivity contribution in [2.75, 3.05) is 12.0 Å². The van der Waals surface area contributed by atoms with Crippen LogP contribution >= 0.6 is 15.9 Å². The van der Waals surface area contributed by atoms with Crippen molar-refractivity contribution in [2.24, 2.45) is 0 Å². The van der Waals surface area contributed by atoms with E-state index in [0.29, 0.717) is 15.8 Å². The van der Waals surface area contributed by atoms with Gasteiger partial charge in [-0.25, -0.2) is 8.78 Å². The molecule has 1 aliphatic rings. The third-order valence-corrected chi connectivity index (χ3v) is 6.01. The van der Waals surface area contributed by atoms with Gasteiger partial charge in [-0.05, 0) is 58.7 Å². The van der Waals surface area contributed by atoms with Crippen LogP contribution in [0, 0.1) is 18.6 Å². The van der Waals surface area contributed by atoms with Crippen molar-refractivity contribution in [1.29, 1.82) is 0 Å². The Balaban J connectivity index is 1.98. The SMILES string of the molecule is COc1ccc(/C(O)=C2\C(=O)C(=O)N(c3cc(F)ccc3F)C2c2cccc(C)c2)cc1Br. The zero-order chi connectivity index (χ0) is 23.9. The molecule has 0 radical (unpaired) electrons. The Bertz CT molecular complexity index is 1320. The van der Waals surface area contributed by atoms with Gasteiger partial charge >= 0.3 is 0 Å². The van der Waals surface area contributed by atoms with Crippen LogP contribution in [0.25, 0.3) is 5.76 Å². The minimum Gasteiger partial charge on any atom is -0.507 e. The van der Waals surface area contributed by atoms with E-state index in [1.54, 1.807) is 24.3 Å². The molecule has 1 aliphatic heterocycles. The molecule has 1 unspecified atom stereocenters. The number of Topliss-reactive ketones (excluding diaryl/α,β-unsaturated/α-hetero) is 1. The summed E-state index contributed by atoms with van der Waals surface area (Å²) in [6.45, 7) is 1.82. The van der Waals surface area contributed by atoms with Gasteiger partial charge in [0.15, 0.2) is 0 Å². The highest BCUT2D eigenvalue weighted by Gasteiger charge is 2.47. The molecule has 3 aromatic rings. The number of carbonyl (C=O) groups excluding carboxylic acids is 2.